The van der Waals surface area contributed by atoms with Crippen molar-refractivity contribution in [2.24, 2.45) is 5.92 Å². The van der Waals surface area contributed by atoms with Crippen molar-refractivity contribution in [3.05, 3.63) is 23.1 Å². The molecular formula is C11H15ClO2. The van der Waals surface area contributed by atoms with Crippen LogP contribution in [0.2, 0.25) is 5.22 Å². The van der Waals surface area contributed by atoms with Crippen molar-refractivity contribution in [3.63, 3.8) is 0 Å². The summed E-state index contributed by atoms with van der Waals surface area (Å²) in [6, 6.07) is 3.56. The van der Waals surface area contributed by atoms with Gasteiger partial charge in [-0.25, -0.2) is 0 Å². The first kappa shape index (κ1) is 11.3. The molecule has 0 saturated heterocycles. The molecule has 0 aromatic carbocycles. The summed E-state index contributed by atoms with van der Waals surface area (Å²) in [7, 11) is 0. The Balaban J connectivity index is 2.71. The molecule has 3 heteroatoms. The van der Waals surface area contributed by atoms with Gasteiger partial charge in [-0.2, -0.15) is 0 Å². The molecular weight excluding hydrogens is 200 g/mol. The molecule has 1 aromatic heterocycles. The highest BCUT2D eigenvalue weighted by Crippen LogP contribution is 2.29. The molecule has 1 unspecified atom stereocenters. The number of rotatable bonds is 5. The molecule has 0 fully saturated rings. The van der Waals surface area contributed by atoms with E-state index in [1.54, 1.807) is 6.07 Å². The molecule has 78 valence electrons. The minimum Gasteiger partial charge on any atom is -0.449 e. The molecule has 0 radical (unpaired) electrons. The maximum Gasteiger partial charge on any atom is 0.193 e. The Morgan fingerprint density at radius 3 is 2.64 bits per heavy atom. The van der Waals surface area contributed by atoms with Crippen LogP contribution in [0, 0.1) is 5.92 Å². The Morgan fingerprint density at radius 1 is 1.50 bits per heavy atom. The van der Waals surface area contributed by atoms with Crippen LogP contribution >= 0.6 is 11.6 Å². The summed E-state index contributed by atoms with van der Waals surface area (Å²) in [4.78, 5) is 10.5. The normalized spacial score (nSPS) is 13.1. The van der Waals surface area contributed by atoms with Crippen molar-refractivity contribution >= 4 is 17.9 Å². The van der Waals surface area contributed by atoms with Crippen molar-refractivity contribution in [3.8, 4) is 0 Å². The Labute approximate surface area is 89.2 Å². The van der Waals surface area contributed by atoms with Crippen LogP contribution in [-0.4, -0.2) is 6.29 Å². The number of furan rings is 1. The van der Waals surface area contributed by atoms with E-state index in [1.165, 1.54) is 0 Å². The zero-order valence-electron chi connectivity index (χ0n) is 8.50. The zero-order chi connectivity index (χ0) is 10.6. The first-order chi connectivity index (χ1) is 6.63. The predicted molar refractivity (Wildman–Crippen MR) is 56.6 cm³/mol. The van der Waals surface area contributed by atoms with E-state index in [-0.39, 0.29) is 5.92 Å². The molecule has 0 amide bonds. The van der Waals surface area contributed by atoms with E-state index in [1.807, 2.05) is 6.07 Å². The highest BCUT2D eigenvalue weighted by molar-refractivity contribution is 6.28. The lowest BCUT2D eigenvalue weighted by molar-refractivity contribution is -0.108. The molecule has 2 nitrogen and oxygen atoms in total. The third-order valence-corrected chi connectivity index (χ3v) is 2.34. The molecule has 1 heterocycles. The van der Waals surface area contributed by atoms with Crippen molar-refractivity contribution in [1.82, 2.24) is 0 Å². The molecule has 1 aromatic rings. The highest BCUT2D eigenvalue weighted by atomic mass is 35.5. The summed E-state index contributed by atoms with van der Waals surface area (Å²) < 4.78 is 5.31. The molecule has 0 N–H and O–H groups in total. The second-order valence-corrected chi connectivity index (χ2v) is 4.24. The molecule has 1 atom stereocenters. The van der Waals surface area contributed by atoms with Crippen molar-refractivity contribution in [2.75, 3.05) is 0 Å². The van der Waals surface area contributed by atoms with Gasteiger partial charge in [-0.3, -0.25) is 0 Å². The van der Waals surface area contributed by atoms with Gasteiger partial charge in [0.15, 0.2) is 5.22 Å². The summed E-state index contributed by atoms with van der Waals surface area (Å²) >= 11 is 5.69. The van der Waals surface area contributed by atoms with E-state index in [0.717, 1.165) is 18.5 Å². The number of aldehydes is 1. The van der Waals surface area contributed by atoms with Gasteiger partial charge in [0.1, 0.15) is 12.0 Å². The maximum atomic E-state index is 10.5. The Hall–Kier alpha value is -0.760. The van der Waals surface area contributed by atoms with Crippen LogP contribution in [0.1, 0.15) is 38.4 Å². The van der Waals surface area contributed by atoms with E-state index < -0.39 is 0 Å². The molecule has 14 heavy (non-hydrogen) atoms. The summed E-state index contributed by atoms with van der Waals surface area (Å²) in [5.74, 6) is 1.53. The van der Waals surface area contributed by atoms with Crippen LogP contribution < -0.4 is 0 Å². The van der Waals surface area contributed by atoms with E-state index in [0.29, 0.717) is 17.6 Å². The quantitative estimate of drug-likeness (QED) is 0.701. The molecule has 0 saturated carbocycles. The van der Waals surface area contributed by atoms with Crippen LogP contribution in [0.15, 0.2) is 16.5 Å². The van der Waals surface area contributed by atoms with E-state index in [2.05, 4.69) is 13.8 Å². The summed E-state index contributed by atoms with van der Waals surface area (Å²) in [6.45, 7) is 4.25. The summed E-state index contributed by atoms with van der Waals surface area (Å²) in [5.41, 5.74) is 0. The second kappa shape index (κ2) is 5.20. The highest BCUT2D eigenvalue weighted by Gasteiger charge is 2.16. The van der Waals surface area contributed by atoms with E-state index in [4.69, 9.17) is 16.0 Å². The molecule has 1 rings (SSSR count). The Morgan fingerprint density at radius 2 is 2.21 bits per heavy atom. The van der Waals surface area contributed by atoms with Gasteiger partial charge in [0.25, 0.3) is 0 Å². The van der Waals surface area contributed by atoms with Gasteiger partial charge in [0, 0.05) is 12.3 Å². The van der Waals surface area contributed by atoms with Gasteiger partial charge in [-0.1, -0.05) is 13.8 Å². The number of carbonyl (C=O) groups excluding carboxylic acids is 1. The minimum absolute atomic E-state index is 0.167. The fourth-order valence-electron chi connectivity index (χ4n) is 1.56. The molecule has 0 aliphatic rings. The average Bonchev–Trinajstić information content (AvgIpc) is 2.50. The molecule has 0 aliphatic heterocycles. The molecule has 0 bridgehead atoms. The van der Waals surface area contributed by atoms with E-state index in [9.17, 15) is 4.79 Å². The minimum atomic E-state index is 0.167. The third-order valence-electron chi connectivity index (χ3n) is 2.13. The van der Waals surface area contributed by atoms with Crippen molar-refractivity contribution < 1.29 is 9.21 Å². The van der Waals surface area contributed by atoms with Gasteiger partial charge in [0.2, 0.25) is 0 Å². The second-order valence-electron chi connectivity index (χ2n) is 3.87. The van der Waals surface area contributed by atoms with Crippen LogP contribution in [0.4, 0.5) is 0 Å². The van der Waals surface area contributed by atoms with Crippen molar-refractivity contribution in [1.29, 1.82) is 0 Å². The van der Waals surface area contributed by atoms with Gasteiger partial charge in [-0.05, 0) is 36.1 Å². The Kier molecular flexibility index (Phi) is 4.21. The molecule has 0 aliphatic carbocycles. The van der Waals surface area contributed by atoms with E-state index >= 15 is 0 Å². The van der Waals surface area contributed by atoms with Gasteiger partial charge < -0.3 is 9.21 Å². The van der Waals surface area contributed by atoms with Crippen LogP contribution in [0.5, 0.6) is 0 Å². The maximum absolute atomic E-state index is 10.5. The number of hydrogen-bond acceptors (Lipinski definition) is 2. The fraction of sp³-hybridized carbons (Fsp3) is 0.545. The predicted octanol–water partition coefficient (Wildman–Crippen LogP) is 3.65. The topological polar surface area (TPSA) is 30.2 Å². The smallest absolute Gasteiger partial charge is 0.193 e. The lowest BCUT2D eigenvalue weighted by atomic mass is 9.93. The first-order valence-corrected chi connectivity index (χ1v) is 5.20. The lowest BCUT2D eigenvalue weighted by Crippen LogP contribution is -2.02. The number of halogens is 1. The lowest BCUT2D eigenvalue weighted by Gasteiger charge is -2.13. The SMILES string of the molecule is CC(C)CC(CC=O)c1ccc(Cl)o1. The van der Waals surface area contributed by atoms with Crippen molar-refractivity contribution in [2.45, 2.75) is 32.6 Å². The Bertz CT molecular complexity index is 291. The van der Waals surface area contributed by atoms with Crippen LogP contribution in [0.3, 0.4) is 0 Å². The first-order valence-electron chi connectivity index (χ1n) is 4.82. The standard InChI is InChI=1S/C11H15ClO2/c1-8(2)7-9(5-6-13)10-3-4-11(12)14-10/h3-4,6,8-9H,5,7H2,1-2H3. The number of carbonyl (C=O) groups is 1. The summed E-state index contributed by atoms with van der Waals surface area (Å²) in [6.07, 6.45) is 2.38. The van der Waals surface area contributed by atoms with Gasteiger partial charge >= 0.3 is 0 Å². The summed E-state index contributed by atoms with van der Waals surface area (Å²) in [5, 5.41) is 0.389. The van der Waals surface area contributed by atoms with Crippen LogP contribution in [0.25, 0.3) is 0 Å². The zero-order valence-corrected chi connectivity index (χ0v) is 9.25. The fourth-order valence-corrected chi connectivity index (χ4v) is 1.71. The third kappa shape index (κ3) is 3.18. The van der Waals surface area contributed by atoms with Gasteiger partial charge in [-0.15, -0.1) is 0 Å². The molecule has 0 spiro atoms. The van der Waals surface area contributed by atoms with Crippen LogP contribution in [-0.2, 0) is 4.79 Å². The number of hydrogen-bond donors (Lipinski definition) is 0. The van der Waals surface area contributed by atoms with Gasteiger partial charge in [0.05, 0.1) is 0 Å². The monoisotopic (exact) mass is 214 g/mol. The average molecular weight is 215 g/mol. The largest absolute Gasteiger partial charge is 0.449 e.